The summed E-state index contributed by atoms with van der Waals surface area (Å²) >= 11 is 6.34. The summed E-state index contributed by atoms with van der Waals surface area (Å²) in [7, 11) is 1.63. The number of fused-ring (bicyclic) bond motifs is 1. The van der Waals surface area contributed by atoms with Gasteiger partial charge in [0.2, 0.25) is 0 Å². The maximum absolute atomic E-state index is 6.34. The minimum Gasteiger partial charge on any atom is -0.495 e. The molecular weight excluding hydrogens is 372 g/mol. The van der Waals surface area contributed by atoms with Gasteiger partial charge in [-0.2, -0.15) is 0 Å². The number of ether oxygens (including phenoxy) is 1. The molecule has 1 aliphatic heterocycles. The Kier molecular flexibility index (Phi) is 5.47. The third-order valence-electron chi connectivity index (χ3n) is 5.77. The number of hydrogen-bond acceptors (Lipinski definition) is 4. The van der Waals surface area contributed by atoms with Crippen molar-refractivity contribution in [1.82, 2.24) is 9.38 Å². The van der Waals surface area contributed by atoms with Gasteiger partial charge in [0.25, 0.3) is 0 Å². The van der Waals surface area contributed by atoms with Gasteiger partial charge in [-0.05, 0) is 62.4 Å². The molecule has 6 heteroatoms. The number of rotatable bonds is 5. The van der Waals surface area contributed by atoms with Crippen molar-refractivity contribution < 1.29 is 4.74 Å². The molecule has 0 saturated carbocycles. The minimum atomic E-state index is 0.598. The first-order valence-electron chi connectivity index (χ1n) is 9.87. The Balaban J connectivity index is 1.60. The molecule has 2 N–H and O–H groups in total. The molecule has 0 unspecified atom stereocenters. The van der Waals surface area contributed by atoms with Crippen molar-refractivity contribution in [3.8, 4) is 17.0 Å². The van der Waals surface area contributed by atoms with E-state index in [1.54, 1.807) is 7.11 Å². The first kappa shape index (κ1) is 19.1. The first-order chi connectivity index (χ1) is 13.6. The average Bonchev–Trinajstić information content (AvgIpc) is 3.13. The number of aromatic nitrogens is 2. The van der Waals surface area contributed by atoms with Gasteiger partial charge in [-0.3, -0.25) is 0 Å². The molecule has 0 spiro atoms. The monoisotopic (exact) mass is 398 g/mol. The molecule has 3 aromatic rings. The van der Waals surface area contributed by atoms with Gasteiger partial charge in [0.1, 0.15) is 11.4 Å². The van der Waals surface area contributed by atoms with Crippen LogP contribution in [0.25, 0.3) is 16.9 Å². The highest BCUT2D eigenvalue weighted by Gasteiger charge is 2.19. The van der Waals surface area contributed by atoms with Crippen LogP contribution in [0.2, 0.25) is 5.02 Å². The molecule has 4 rings (SSSR count). The summed E-state index contributed by atoms with van der Waals surface area (Å²) in [6.07, 6.45) is 7.71. The predicted octanol–water partition coefficient (Wildman–Crippen LogP) is 4.54. The molecule has 0 radical (unpaired) electrons. The highest BCUT2D eigenvalue weighted by molar-refractivity contribution is 6.32. The predicted molar refractivity (Wildman–Crippen MR) is 116 cm³/mol. The Hall–Kier alpha value is -2.24. The molecule has 3 heterocycles. The number of imidazole rings is 1. The van der Waals surface area contributed by atoms with Crippen LogP contribution in [0.5, 0.6) is 5.75 Å². The highest BCUT2D eigenvalue weighted by atomic mass is 35.5. The molecule has 0 amide bonds. The smallest absolute Gasteiger partial charge is 0.139 e. The second-order valence-corrected chi connectivity index (χ2v) is 7.99. The van der Waals surface area contributed by atoms with Gasteiger partial charge in [-0.15, -0.1) is 0 Å². The Bertz CT molecular complexity index is 976. The van der Waals surface area contributed by atoms with Crippen LogP contribution < -0.4 is 15.4 Å². The number of anilines is 1. The Labute approximate surface area is 171 Å². The summed E-state index contributed by atoms with van der Waals surface area (Å²) in [6.45, 7) is 5.01. The van der Waals surface area contributed by atoms with Gasteiger partial charge in [0.05, 0.1) is 17.8 Å². The SMILES string of the molecule is COc1cc(C)c(-c2cn3ccc(N4CCC(CCN)CC4)cc3n2)cc1Cl. The maximum atomic E-state index is 6.34. The molecule has 1 aliphatic rings. The number of hydrogen-bond donors (Lipinski definition) is 1. The lowest BCUT2D eigenvalue weighted by molar-refractivity contribution is 0.386. The van der Waals surface area contributed by atoms with Gasteiger partial charge in [-0.1, -0.05) is 11.6 Å². The molecule has 2 aromatic heterocycles. The molecule has 28 heavy (non-hydrogen) atoms. The van der Waals surface area contributed by atoms with E-state index in [9.17, 15) is 0 Å². The Morgan fingerprint density at radius 1 is 1.25 bits per heavy atom. The average molecular weight is 399 g/mol. The van der Waals surface area contributed by atoms with Crippen LogP contribution in [0.1, 0.15) is 24.8 Å². The van der Waals surface area contributed by atoms with Crippen LogP contribution in [-0.4, -0.2) is 36.1 Å². The van der Waals surface area contributed by atoms with Crippen molar-refractivity contribution in [1.29, 1.82) is 0 Å². The lowest BCUT2D eigenvalue weighted by Crippen LogP contribution is -2.34. The van der Waals surface area contributed by atoms with Gasteiger partial charge < -0.3 is 19.8 Å². The summed E-state index contributed by atoms with van der Waals surface area (Å²) in [5, 5.41) is 0.598. The summed E-state index contributed by atoms with van der Waals surface area (Å²) in [5.74, 6) is 1.46. The highest BCUT2D eigenvalue weighted by Crippen LogP contribution is 2.33. The van der Waals surface area contributed by atoms with Crippen LogP contribution in [0.15, 0.2) is 36.7 Å². The molecule has 1 saturated heterocycles. The van der Waals surface area contributed by atoms with Crippen molar-refractivity contribution in [2.45, 2.75) is 26.2 Å². The molecule has 1 fully saturated rings. The number of benzene rings is 1. The van der Waals surface area contributed by atoms with Gasteiger partial charge in [0.15, 0.2) is 0 Å². The summed E-state index contributed by atoms with van der Waals surface area (Å²) in [4.78, 5) is 7.32. The Morgan fingerprint density at radius 3 is 2.75 bits per heavy atom. The normalized spacial score (nSPS) is 15.4. The fraction of sp³-hybridized carbons (Fsp3) is 0.409. The first-order valence-corrected chi connectivity index (χ1v) is 10.2. The van der Waals surface area contributed by atoms with Crippen LogP contribution in [-0.2, 0) is 0 Å². The maximum Gasteiger partial charge on any atom is 0.139 e. The molecule has 0 bridgehead atoms. The fourth-order valence-electron chi connectivity index (χ4n) is 4.10. The zero-order chi connectivity index (χ0) is 19.7. The summed E-state index contributed by atoms with van der Waals surface area (Å²) in [6, 6.07) is 8.24. The van der Waals surface area contributed by atoms with E-state index in [1.807, 2.05) is 12.1 Å². The molecular formula is C22H27ClN4O. The van der Waals surface area contributed by atoms with Crippen LogP contribution >= 0.6 is 11.6 Å². The molecule has 0 atom stereocenters. The van der Waals surface area contributed by atoms with E-state index < -0.39 is 0 Å². The van der Waals surface area contributed by atoms with E-state index in [0.717, 1.165) is 54.4 Å². The summed E-state index contributed by atoms with van der Waals surface area (Å²) < 4.78 is 7.38. The number of pyridine rings is 1. The number of aryl methyl sites for hydroxylation is 1. The van der Waals surface area contributed by atoms with E-state index in [1.165, 1.54) is 18.5 Å². The van der Waals surface area contributed by atoms with Crippen molar-refractivity contribution in [2.75, 3.05) is 31.6 Å². The topological polar surface area (TPSA) is 55.8 Å². The van der Waals surface area contributed by atoms with Crippen molar-refractivity contribution in [3.05, 3.63) is 47.2 Å². The third-order valence-corrected chi connectivity index (χ3v) is 6.07. The lowest BCUT2D eigenvalue weighted by Gasteiger charge is -2.33. The quantitative estimate of drug-likeness (QED) is 0.685. The van der Waals surface area contributed by atoms with E-state index in [4.69, 9.17) is 27.1 Å². The van der Waals surface area contributed by atoms with Crippen LogP contribution in [0.3, 0.4) is 0 Å². The standard InChI is InChI=1S/C22H27ClN4O/c1-15-11-21(28-2)19(23)13-18(15)20-14-27-10-6-17(12-22(27)25-20)26-8-4-16(3-7-24)5-9-26/h6,10-14,16H,3-5,7-9,24H2,1-2H3. The van der Waals surface area contributed by atoms with Crippen LogP contribution in [0, 0.1) is 12.8 Å². The van der Waals surface area contributed by atoms with E-state index in [-0.39, 0.29) is 0 Å². The van der Waals surface area contributed by atoms with Crippen molar-refractivity contribution >= 4 is 22.9 Å². The minimum absolute atomic E-state index is 0.598. The van der Waals surface area contributed by atoms with E-state index >= 15 is 0 Å². The third kappa shape index (κ3) is 3.69. The molecule has 0 aliphatic carbocycles. The molecule has 148 valence electrons. The van der Waals surface area contributed by atoms with Gasteiger partial charge in [-0.25, -0.2) is 4.98 Å². The van der Waals surface area contributed by atoms with E-state index in [2.05, 4.69) is 40.8 Å². The van der Waals surface area contributed by atoms with Gasteiger partial charge >= 0.3 is 0 Å². The number of methoxy groups -OCH3 is 1. The Morgan fingerprint density at radius 2 is 2.04 bits per heavy atom. The number of halogens is 1. The largest absolute Gasteiger partial charge is 0.495 e. The summed E-state index contributed by atoms with van der Waals surface area (Å²) in [5.41, 5.74) is 10.9. The number of piperidine rings is 1. The van der Waals surface area contributed by atoms with Gasteiger partial charge in [0, 0.05) is 42.8 Å². The van der Waals surface area contributed by atoms with Crippen molar-refractivity contribution in [3.63, 3.8) is 0 Å². The van der Waals surface area contributed by atoms with Crippen molar-refractivity contribution in [2.24, 2.45) is 11.7 Å². The molecule has 5 nitrogen and oxygen atoms in total. The zero-order valence-corrected chi connectivity index (χ0v) is 17.2. The number of nitrogens with zero attached hydrogens (tertiary/aromatic N) is 3. The van der Waals surface area contributed by atoms with Crippen LogP contribution in [0.4, 0.5) is 5.69 Å². The second kappa shape index (κ2) is 8.02. The molecule has 1 aromatic carbocycles. The fourth-order valence-corrected chi connectivity index (χ4v) is 4.34. The van der Waals surface area contributed by atoms with E-state index in [0.29, 0.717) is 10.8 Å². The second-order valence-electron chi connectivity index (χ2n) is 7.59. The number of nitrogens with two attached hydrogens (primary N) is 1. The zero-order valence-electron chi connectivity index (χ0n) is 16.5. The lowest BCUT2D eigenvalue weighted by atomic mass is 9.93.